The Labute approximate surface area is 190 Å². The van der Waals surface area contributed by atoms with Crippen molar-refractivity contribution in [2.24, 2.45) is 0 Å². The topological polar surface area (TPSA) is 61.4 Å². The van der Waals surface area contributed by atoms with Gasteiger partial charge in [0.25, 0.3) is 0 Å². The van der Waals surface area contributed by atoms with Gasteiger partial charge in [-0.25, -0.2) is 4.79 Å². The molecule has 1 saturated heterocycles. The van der Waals surface area contributed by atoms with Crippen LogP contribution in [0.5, 0.6) is 0 Å². The lowest BCUT2D eigenvalue weighted by Gasteiger charge is -2.35. The first kappa shape index (κ1) is 21.8. The summed E-state index contributed by atoms with van der Waals surface area (Å²) in [5, 5.41) is 11.8. The van der Waals surface area contributed by atoms with E-state index in [0.717, 1.165) is 35.9 Å². The maximum Gasteiger partial charge on any atom is 0.321 e. The number of urea groups is 1. The third-order valence-electron chi connectivity index (χ3n) is 5.89. The van der Waals surface area contributed by atoms with Crippen LogP contribution in [0, 0.1) is 6.92 Å². The van der Waals surface area contributed by atoms with Crippen LogP contribution >= 0.6 is 0 Å². The molecule has 32 heavy (non-hydrogen) atoms. The zero-order valence-electron chi connectivity index (χ0n) is 19.3. The van der Waals surface area contributed by atoms with Crippen LogP contribution in [0.2, 0.25) is 0 Å². The number of anilines is 2. The summed E-state index contributed by atoms with van der Waals surface area (Å²) in [5.41, 5.74) is 5.32. The van der Waals surface area contributed by atoms with E-state index in [0.29, 0.717) is 13.1 Å². The molecule has 1 aliphatic rings. The highest BCUT2D eigenvalue weighted by Gasteiger charge is 2.22. The van der Waals surface area contributed by atoms with Crippen molar-refractivity contribution in [3.8, 4) is 11.3 Å². The van der Waals surface area contributed by atoms with Gasteiger partial charge in [0.15, 0.2) is 5.82 Å². The lowest BCUT2D eigenvalue weighted by atomic mass is 9.87. The minimum atomic E-state index is -0.0611. The third kappa shape index (κ3) is 5.07. The predicted molar refractivity (Wildman–Crippen MR) is 130 cm³/mol. The van der Waals surface area contributed by atoms with E-state index < -0.39 is 0 Å². The Morgan fingerprint density at radius 3 is 2.06 bits per heavy atom. The molecule has 0 radical (unpaired) electrons. The summed E-state index contributed by atoms with van der Waals surface area (Å²) in [4.78, 5) is 16.7. The number of benzene rings is 2. The fraction of sp³-hybridized carbons (Fsp3) is 0.346. The second-order valence-corrected chi connectivity index (χ2v) is 9.37. The van der Waals surface area contributed by atoms with Gasteiger partial charge in [0.1, 0.15) is 0 Å². The zero-order valence-corrected chi connectivity index (χ0v) is 19.3. The van der Waals surface area contributed by atoms with Gasteiger partial charge in [0.05, 0.1) is 5.69 Å². The molecule has 2 aromatic carbocycles. The molecule has 0 bridgehead atoms. The highest BCUT2D eigenvalue weighted by Crippen LogP contribution is 2.24. The molecule has 6 heteroatoms. The number of hydrogen-bond acceptors (Lipinski definition) is 4. The average Bonchev–Trinajstić information content (AvgIpc) is 2.80. The first-order valence-corrected chi connectivity index (χ1v) is 11.1. The quantitative estimate of drug-likeness (QED) is 0.629. The molecule has 2 amide bonds. The fourth-order valence-electron chi connectivity index (χ4n) is 3.77. The van der Waals surface area contributed by atoms with Gasteiger partial charge in [-0.15, -0.1) is 10.2 Å². The third-order valence-corrected chi connectivity index (χ3v) is 5.89. The van der Waals surface area contributed by atoms with Gasteiger partial charge in [0.2, 0.25) is 0 Å². The Bertz CT molecular complexity index is 1050. The normalized spacial score (nSPS) is 14.4. The van der Waals surface area contributed by atoms with E-state index in [1.165, 1.54) is 11.1 Å². The smallest absolute Gasteiger partial charge is 0.321 e. The van der Waals surface area contributed by atoms with Crippen molar-refractivity contribution >= 4 is 17.5 Å². The van der Waals surface area contributed by atoms with E-state index in [9.17, 15) is 4.79 Å². The molecule has 1 aromatic heterocycles. The number of aromatic nitrogens is 2. The molecule has 3 aromatic rings. The number of carbonyl (C=O) groups is 1. The van der Waals surface area contributed by atoms with Crippen molar-refractivity contribution in [3.63, 3.8) is 0 Å². The summed E-state index contributed by atoms with van der Waals surface area (Å²) in [6.07, 6.45) is 0. The Morgan fingerprint density at radius 1 is 0.844 bits per heavy atom. The molecule has 0 aliphatic carbocycles. The van der Waals surface area contributed by atoms with Crippen molar-refractivity contribution in [2.45, 2.75) is 33.1 Å². The number of amides is 2. The summed E-state index contributed by atoms with van der Waals surface area (Å²) >= 11 is 0. The van der Waals surface area contributed by atoms with Crippen LogP contribution in [0.15, 0.2) is 60.7 Å². The summed E-state index contributed by atoms with van der Waals surface area (Å²) in [5.74, 6) is 0.846. The van der Waals surface area contributed by atoms with Crippen LogP contribution in [-0.2, 0) is 5.41 Å². The standard InChI is InChI=1S/C26H31N5O/c1-19-5-7-20(8-6-19)23-13-14-24(29-28-23)30-15-17-31(18-16-30)25(32)27-22-11-9-21(10-12-22)26(2,3)4/h5-14H,15-18H2,1-4H3,(H,27,32). The monoisotopic (exact) mass is 429 g/mol. The van der Waals surface area contributed by atoms with Gasteiger partial charge in [-0.3, -0.25) is 0 Å². The van der Waals surface area contributed by atoms with E-state index in [1.54, 1.807) is 0 Å². The number of aryl methyl sites for hydroxylation is 1. The molecular weight excluding hydrogens is 398 g/mol. The van der Waals surface area contributed by atoms with Crippen molar-refractivity contribution < 1.29 is 4.79 Å². The van der Waals surface area contributed by atoms with Gasteiger partial charge in [0, 0.05) is 37.4 Å². The number of piperazine rings is 1. The summed E-state index contributed by atoms with van der Waals surface area (Å²) < 4.78 is 0. The second-order valence-electron chi connectivity index (χ2n) is 9.37. The maximum absolute atomic E-state index is 12.7. The first-order valence-electron chi connectivity index (χ1n) is 11.1. The van der Waals surface area contributed by atoms with Crippen LogP contribution in [0.4, 0.5) is 16.3 Å². The largest absolute Gasteiger partial charge is 0.352 e. The number of carbonyl (C=O) groups excluding carboxylic acids is 1. The molecule has 0 spiro atoms. The number of nitrogens with zero attached hydrogens (tertiary/aromatic N) is 4. The van der Waals surface area contributed by atoms with Crippen molar-refractivity contribution in [3.05, 3.63) is 71.8 Å². The summed E-state index contributed by atoms with van der Waals surface area (Å²) in [6, 6.07) is 20.3. The molecule has 6 nitrogen and oxygen atoms in total. The minimum Gasteiger partial charge on any atom is -0.352 e. The summed E-state index contributed by atoms with van der Waals surface area (Å²) in [7, 11) is 0. The van der Waals surface area contributed by atoms with E-state index in [2.05, 4.69) is 84.5 Å². The molecular formula is C26H31N5O. The van der Waals surface area contributed by atoms with E-state index in [1.807, 2.05) is 29.2 Å². The molecule has 1 N–H and O–H groups in total. The Kier molecular flexibility index (Phi) is 6.12. The highest BCUT2D eigenvalue weighted by molar-refractivity contribution is 5.89. The SMILES string of the molecule is Cc1ccc(-c2ccc(N3CCN(C(=O)Nc4ccc(C(C)(C)C)cc4)CC3)nn2)cc1. The Balaban J connectivity index is 1.31. The van der Waals surface area contributed by atoms with Crippen molar-refractivity contribution in [1.29, 1.82) is 0 Å². The van der Waals surface area contributed by atoms with Crippen LogP contribution in [-0.4, -0.2) is 47.3 Å². The number of rotatable bonds is 3. The zero-order chi connectivity index (χ0) is 22.7. The lowest BCUT2D eigenvalue weighted by molar-refractivity contribution is 0.208. The van der Waals surface area contributed by atoms with Crippen LogP contribution < -0.4 is 10.2 Å². The van der Waals surface area contributed by atoms with Crippen LogP contribution in [0.3, 0.4) is 0 Å². The molecule has 0 unspecified atom stereocenters. The predicted octanol–water partition coefficient (Wildman–Crippen LogP) is 5.10. The second kappa shape index (κ2) is 8.99. The van der Waals surface area contributed by atoms with Gasteiger partial charge in [-0.2, -0.15) is 0 Å². The van der Waals surface area contributed by atoms with Crippen molar-refractivity contribution in [1.82, 2.24) is 15.1 Å². The summed E-state index contributed by atoms with van der Waals surface area (Å²) in [6.45, 7) is 11.4. The van der Waals surface area contributed by atoms with Gasteiger partial charge in [-0.1, -0.05) is 62.7 Å². The average molecular weight is 430 g/mol. The number of hydrogen-bond donors (Lipinski definition) is 1. The maximum atomic E-state index is 12.7. The highest BCUT2D eigenvalue weighted by atomic mass is 16.2. The minimum absolute atomic E-state index is 0.0611. The van der Waals surface area contributed by atoms with E-state index in [-0.39, 0.29) is 11.4 Å². The van der Waals surface area contributed by atoms with E-state index >= 15 is 0 Å². The number of nitrogens with one attached hydrogen (secondary N) is 1. The molecule has 2 heterocycles. The van der Waals surface area contributed by atoms with Crippen LogP contribution in [0.25, 0.3) is 11.3 Å². The molecule has 166 valence electrons. The molecule has 4 rings (SSSR count). The molecule has 0 saturated carbocycles. The molecule has 0 atom stereocenters. The van der Waals surface area contributed by atoms with Gasteiger partial charge in [-0.05, 0) is 42.2 Å². The fourth-order valence-corrected chi connectivity index (χ4v) is 3.77. The first-order chi connectivity index (χ1) is 15.3. The molecule has 1 aliphatic heterocycles. The Morgan fingerprint density at radius 2 is 1.50 bits per heavy atom. The lowest BCUT2D eigenvalue weighted by Crippen LogP contribution is -2.50. The van der Waals surface area contributed by atoms with Crippen molar-refractivity contribution in [2.75, 3.05) is 36.4 Å². The van der Waals surface area contributed by atoms with Crippen LogP contribution in [0.1, 0.15) is 31.9 Å². The van der Waals surface area contributed by atoms with Gasteiger partial charge < -0.3 is 15.1 Å². The van der Waals surface area contributed by atoms with Gasteiger partial charge >= 0.3 is 6.03 Å². The van der Waals surface area contributed by atoms with E-state index in [4.69, 9.17) is 0 Å². The Hall–Kier alpha value is -3.41. The molecule has 1 fully saturated rings.